The van der Waals surface area contributed by atoms with Gasteiger partial charge in [0.1, 0.15) is 24.5 Å². The minimum atomic E-state index is -0.398. The second kappa shape index (κ2) is 7.30. The largest absolute Gasteiger partial charge is 0.356 e. The quantitative estimate of drug-likeness (QED) is 0.766. The van der Waals surface area contributed by atoms with E-state index in [4.69, 9.17) is 0 Å². The standard InChI is InChI=1S/C19H21FN6O/c1-13-5-7-25(8-6-13)18-16-10-23-26(19(16)22-12-21-18)11-17(27)24-15-4-2-3-14(20)9-15/h2-4,9-10,12-13H,5-8,11H2,1H3,(H,24,27). The number of nitrogens with zero attached hydrogens (tertiary/aromatic N) is 5. The molecule has 1 aliphatic rings. The Morgan fingerprint density at radius 2 is 2.11 bits per heavy atom. The molecule has 0 radical (unpaired) electrons. The number of nitrogens with one attached hydrogen (secondary N) is 1. The predicted molar refractivity (Wildman–Crippen MR) is 101 cm³/mol. The van der Waals surface area contributed by atoms with Crippen LogP contribution in [0.2, 0.25) is 0 Å². The van der Waals surface area contributed by atoms with Gasteiger partial charge in [-0.1, -0.05) is 13.0 Å². The van der Waals surface area contributed by atoms with Gasteiger partial charge < -0.3 is 10.2 Å². The molecule has 3 heterocycles. The molecule has 4 rings (SSSR count). The maximum Gasteiger partial charge on any atom is 0.246 e. The highest BCUT2D eigenvalue weighted by Gasteiger charge is 2.21. The van der Waals surface area contributed by atoms with Gasteiger partial charge in [0.05, 0.1) is 11.6 Å². The van der Waals surface area contributed by atoms with E-state index in [0.717, 1.165) is 43.1 Å². The van der Waals surface area contributed by atoms with Gasteiger partial charge in [-0.3, -0.25) is 4.79 Å². The van der Waals surface area contributed by atoms with Crippen molar-refractivity contribution in [1.82, 2.24) is 19.7 Å². The molecule has 140 valence electrons. The number of fused-ring (bicyclic) bond motifs is 1. The number of rotatable bonds is 4. The SMILES string of the molecule is CC1CCN(c2ncnc3c2cnn3CC(=O)Nc2cccc(F)c2)CC1. The Hall–Kier alpha value is -3.03. The van der Waals surface area contributed by atoms with E-state index in [-0.39, 0.29) is 12.5 Å². The summed E-state index contributed by atoms with van der Waals surface area (Å²) in [6.45, 7) is 4.17. The second-order valence-electron chi connectivity index (χ2n) is 6.96. The fraction of sp³-hybridized carbons (Fsp3) is 0.368. The van der Waals surface area contributed by atoms with Crippen molar-refractivity contribution in [2.75, 3.05) is 23.3 Å². The topological polar surface area (TPSA) is 75.9 Å². The Labute approximate surface area is 156 Å². The molecule has 0 bridgehead atoms. The minimum Gasteiger partial charge on any atom is -0.356 e. The van der Waals surface area contributed by atoms with E-state index in [9.17, 15) is 9.18 Å². The summed E-state index contributed by atoms with van der Waals surface area (Å²) < 4.78 is 14.8. The number of piperidine rings is 1. The van der Waals surface area contributed by atoms with Crippen molar-refractivity contribution in [3.63, 3.8) is 0 Å². The first kappa shape index (κ1) is 17.4. The smallest absolute Gasteiger partial charge is 0.246 e. The van der Waals surface area contributed by atoms with Crippen molar-refractivity contribution >= 4 is 28.4 Å². The van der Waals surface area contributed by atoms with Gasteiger partial charge in [0.2, 0.25) is 5.91 Å². The molecule has 3 aromatic rings. The third kappa shape index (κ3) is 3.74. The highest BCUT2D eigenvalue weighted by atomic mass is 19.1. The minimum absolute atomic E-state index is 0.00645. The molecule has 27 heavy (non-hydrogen) atoms. The number of hydrogen-bond donors (Lipinski definition) is 1. The van der Waals surface area contributed by atoms with Gasteiger partial charge in [0.25, 0.3) is 0 Å². The van der Waals surface area contributed by atoms with E-state index >= 15 is 0 Å². The number of halogens is 1. The van der Waals surface area contributed by atoms with Crippen LogP contribution in [0.15, 0.2) is 36.8 Å². The molecule has 0 unspecified atom stereocenters. The third-order valence-corrected chi connectivity index (χ3v) is 4.90. The van der Waals surface area contributed by atoms with Crippen LogP contribution in [0, 0.1) is 11.7 Å². The molecule has 0 spiro atoms. The van der Waals surface area contributed by atoms with Crippen molar-refractivity contribution in [1.29, 1.82) is 0 Å². The highest BCUT2D eigenvalue weighted by Crippen LogP contribution is 2.27. The maximum absolute atomic E-state index is 13.3. The monoisotopic (exact) mass is 368 g/mol. The number of amides is 1. The van der Waals surface area contributed by atoms with Crippen LogP contribution in [0.1, 0.15) is 19.8 Å². The number of benzene rings is 1. The summed E-state index contributed by atoms with van der Waals surface area (Å²) in [6.07, 6.45) is 5.49. The van der Waals surface area contributed by atoms with Crippen LogP contribution in [0.25, 0.3) is 11.0 Å². The normalized spacial score (nSPS) is 15.3. The van der Waals surface area contributed by atoms with Crippen molar-refractivity contribution in [3.8, 4) is 0 Å². The van der Waals surface area contributed by atoms with Crippen LogP contribution in [0.3, 0.4) is 0 Å². The summed E-state index contributed by atoms with van der Waals surface area (Å²) in [4.78, 5) is 23.3. The lowest BCUT2D eigenvalue weighted by molar-refractivity contribution is -0.116. The third-order valence-electron chi connectivity index (χ3n) is 4.90. The highest BCUT2D eigenvalue weighted by molar-refractivity contribution is 5.92. The van der Waals surface area contributed by atoms with E-state index < -0.39 is 5.82 Å². The fourth-order valence-corrected chi connectivity index (χ4v) is 3.37. The molecule has 1 fully saturated rings. The number of carbonyl (C=O) groups excluding carboxylic acids is 1. The average Bonchev–Trinajstić information content (AvgIpc) is 3.05. The summed E-state index contributed by atoms with van der Waals surface area (Å²) >= 11 is 0. The number of hydrogen-bond acceptors (Lipinski definition) is 5. The molecule has 1 aliphatic heterocycles. The number of anilines is 2. The molecule has 0 saturated carbocycles. The van der Waals surface area contributed by atoms with Crippen LogP contribution in [-0.4, -0.2) is 38.7 Å². The Balaban J connectivity index is 1.53. The van der Waals surface area contributed by atoms with E-state index in [1.54, 1.807) is 23.0 Å². The molecule has 1 saturated heterocycles. The van der Waals surface area contributed by atoms with Gasteiger partial charge in [-0.2, -0.15) is 5.10 Å². The summed E-state index contributed by atoms with van der Waals surface area (Å²) in [5.41, 5.74) is 1.03. The zero-order chi connectivity index (χ0) is 18.8. The first-order chi connectivity index (χ1) is 13.1. The lowest BCUT2D eigenvalue weighted by Gasteiger charge is -2.31. The van der Waals surface area contributed by atoms with Gasteiger partial charge in [-0.05, 0) is 37.0 Å². The average molecular weight is 368 g/mol. The zero-order valence-corrected chi connectivity index (χ0v) is 15.1. The summed E-state index contributed by atoms with van der Waals surface area (Å²) in [5.74, 6) is 0.902. The van der Waals surface area contributed by atoms with Crippen molar-refractivity contribution < 1.29 is 9.18 Å². The van der Waals surface area contributed by atoms with Crippen molar-refractivity contribution in [3.05, 3.63) is 42.6 Å². The second-order valence-corrected chi connectivity index (χ2v) is 6.96. The number of aromatic nitrogens is 4. The lowest BCUT2D eigenvalue weighted by atomic mass is 9.99. The van der Waals surface area contributed by atoms with E-state index in [1.165, 1.54) is 18.5 Å². The Morgan fingerprint density at radius 1 is 1.30 bits per heavy atom. The van der Waals surface area contributed by atoms with Crippen LogP contribution in [-0.2, 0) is 11.3 Å². The van der Waals surface area contributed by atoms with Gasteiger partial charge >= 0.3 is 0 Å². The predicted octanol–water partition coefficient (Wildman–Crippen LogP) is 2.84. The maximum atomic E-state index is 13.3. The van der Waals surface area contributed by atoms with Crippen LogP contribution < -0.4 is 10.2 Å². The van der Waals surface area contributed by atoms with E-state index in [1.807, 2.05) is 0 Å². The Bertz CT molecular complexity index is 964. The van der Waals surface area contributed by atoms with Gasteiger partial charge in [0, 0.05) is 18.8 Å². The molecule has 1 amide bonds. The molecule has 0 atom stereocenters. The van der Waals surface area contributed by atoms with E-state index in [2.05, 4.69) is 32.2 Å². The van der Waals surface area contributed by atoms with E-state index in [0.29, 0.717) is 11.3 Å². The molecular weight excluding hydrogens is 347 g/mol. The molecule has 8 heteroatoms. The van der Waals surface area contributed by atoms with Gasteiger partial charge in [0.15, 0.2) is 5.65 Å². The Morgan fingerprint density at radius 3 is 2.89 bits per heavy atom. The van der Waals surface area contributed by atoms with Crippen molar-refractivity contribution in [2.24, 2.45) is 5.92 Å². The Kier molecular flexibility index (Phi) is 4.70. The van der Waals surface area contributed by atoms with Crippen molar-refractivity contribution in [2.45, 2.75) is 26.3 Å². The van der Waals surface area contributed by atoms with Crippen LogP contribution in [0.4, 0.5) is 15.9 Å². The lowest BCUT2D eigenvalue weighted by Crippen LogP contribution is -2.33. The van der Waals surface area contributed by atoms with Gasteiger partial charge in [-0.25, -0.2) is 19.0 Å². The summed E-state index contributed by atoms with van der Waals surface area (Å²) in [7, 11) is 0. The zero-order valence-electron chi connectivity index (χ0n) is 15.1. The molecule has 0 aliphatic carbocycles. The van der Waals surface area contributed by atoms with Crippen LogP contribution >= 0.6 is 0 Å². The molecule has 7 nitrogen and oxygen atoms in total. The van der Waals surface area contributed by atoms with Gasteiger partial charge in [-0.15, -0.1) is 0 Å². The molecule has 1 N–H and O–H groups in total. The molecule has 2 aromatic heterocycles. The molecular formula is C19H21FN6O. The van der Waals surface area contributed by atoms with Crippen LogP contribution in [0.5, 0.6) is 0 Å². The number of carbonyl (C=O) groups is 1. The molecule has 1 aromatic carbocycles. The first-order valence-corrected chi connectivity index (χ1v) is 9.07. The first-order valence-electron chi connectivity index (χ1n) is 9.07. The fourth-order valence-electron chi connectivity index (χ4n) is 3.37. The summed E-state index contributed by atoms with van der Waals surface area (Å²) in [5, 5.41) is 7.83. The summed E-state index contributed by atoms with van der Waals surface area (Å²) in [6, 6.07) is 5.79.